The van der Waals surface area contributed by atoms with Crippen LogP contribution in [0.4, 0.5) is 4.39 Å². The predicted octanol–water partition coefficient (Wildman–Crippen LogP) is 0.542. The Bertz CT molecular complexity index is 551. The van der Waals surface area contributed by atoms with Crippen molar-refractivity contribution in [2.24, 2.45) is 10.2 Å². The van der Waals surface area contributed by atoms with E-state index in [-0.39, 0.29) is 30.5 Å². The summed E-state index contributed by atoms with van der Waals surface area (Å²) in [7, 11) is 0. The lowest BCUT2D eigenvalue weighted by Gasteiger charge is -1.98. The SMILES string of the molecule is O=C1CC(CC(=O)N/N=C/c2ccc(F)cc2)=NN1. The topological polar surface area (TPSA) is 82.9 Å². The number of nitrogens with zero attached hydrogens (tertiary/aromatic N) is 2. The first-order chi connectivity index (χ1) is 9.13. The summed E-state index contributed by atoms with van der Waals surface area (Å²) in [6.45, 7) is 0. The zero-order chi connectivity index (χ0) is 13.7. The van der Waals surface area contributed by atoms with Crippen molar-refractivity contribution in [2.75, 3.05) is 0 Å². The van der Waals surface area contributed by atoms with Crippen LogP contribution in [0.1, 0.15) is 18.4 Å². The van der Waals surface area contributed by atoms with Gasteiger partial charge in [-0.3, -0.25) is 9.59 Å². The van der Waals surface area contributed by atoms with E-state index in [1.165, 1.54) is 30.5 Å². The molecule has 2 rings (SSSR count). The number of benzene rings is 1. The number of hydrazone groups is 2. The molecule has 0 bridgehead atoms. The van der Waals surface area contributed by atoms with Crippen molar-refractivity contribution < 1.29 is 14.0 Å². The van der Waals surface area contributed by atoms with Crippen molar-refractivity contribution in [2.45, 2.75) is 12.8 Å². The zero-order valence-corrected chi connectivity index (χ0v) is 9.89. The van der Waals surface area contributed by atoms with Crippen molar-refractivity contribution >= 4 is 23.7 Å². The monoisotopic (exact) mass is 262 g/mol. The summed E-state index contributed by atoms with van der Waals surface area (Å²) in [6.07, 6.45) is 1.55. The van der Waals surface area contributed by atoms with Gasteiger partial charge in [-0.15, -0.1) is 0 Å². The molecule has 0 radical (unpaired) electrons. The minimum absolute atomic E-state index is 0.0134. The quantitative estimate of drug-likeness (QED) is 0.613. The van der Waals surface area contributed by atoms with Gasteiger partial charge in [-0.1, -0.05) is 12.1 Å². The van der Waals surface area contributed by atoms with Gasteiger partial charge in [0.25, 0.3) is 0 Å². The Morgan fingerprint density at radius 3 is 2.84 bits per heavy atom. The van der Waals surface area contributed by atoms with Crippen LogP contribution in [-0.2, 0) is 9.59 Å². The van der Waals surface area contributed by atoms with E-state index in [0.29, 0.717) is 11.3 Å². The number of hydrogen-bond donors (Lipinski definition) is 2. The van der Waals surface area contributed by atoms with Crippen LogP contribution in [-0.4, -0.2) is 23.7 Å². The highest BCUT2D eigenvalue weighted by Gasteiger charge is 2.16. The first-order valence-corrected chi connectivity index (χ1v) is 5.55. The number of amides is 2. The summed E-state index contributed by atoms with van der Waals surface area (Å²) in [4.78, 5) is 22.3. The molecule has 0 fully saturated rings. The summed E-state index contributed by atoms with van der Waals surface area (Å²) < 4.78 is 12.6. The molecule has 19 heavy (non-hydrogen) atoms. The molecule has 0 unspecified atom stereocenters. The molecule has 98 valence electrons. The highest BCUT2D eigenvalue weighted by molar-refractivity contribution is 6.11. The fourth-order valence-electron chi connectivity index (χ4n) is 1.46. The fourth-order valence-corrected chi connectivity index (χ4v) is 1.46. The van der Waals surface area contributed by atoms with E-state index in [4.69, 9.17) is 0 Å². The molecule has 0 saturated carbocycles. The molecule has 7 heteroatoms. The van der Waals surface area contributed by atoms with Crippen LogP contribution in [0.3, 0.4) is 0 Å². The second kappa shape index (κ2) is 5.85. The van der Waals surface area contributed by atoms with E-state index in [9.17, 15) is 14.0 Å². The third kappa shape index (κ3) is 3.98. The third-order valence-electron chi connectivity index (χ3n) is 2.34. The van der Waals surface area contributed by atoms with Crippen LogP contribution >= 0.6 is 0 Å². The average molecular weight is 262 g/mol. The fraction of sp³-hybridized carbons (Fsp3) is 0.167. The minimum atomic E-state index is -0.367. The Balaban J connectivity index is 1.80. The molecular formula is C12H11FN4O2. The molecule has 1 aliphatic heterocycles. The smallest absolute Gasteiger partial charge is 0.245 e. The molecule has 1 aliphatic rings. The summed E-state index contributed by atoms with van der Waals surface area (Å²) in [6, 6.07) is 5.67. The first-order valence-electron chi connectivity index (χ1n) is 5.55. The number of carbonyl (C=O) groups excluding carboxylic acids is 2. The largest absolute Gasteiger partial charge is 0.273 e. The highest BCUT2D eigenvalue weighted by atomic mass is 19.1. The predicted molar refractivity (Wildman–Crippen MR) is 66.9 cm³/mol. The zero-order valence-electron chi connectivity index (χ0n) is 9.89. The van der Waals surface area contributed by atoms with Crippen LogP contribution in [0, 0.1) is 5.82 Å². The molecule has 1 aromatic rings. The van der Waals surface area contributed by atoms with Crippen molar-refractivity contribution in [3.8, 4) is 0 Å². The summed E-state index contributed by atoms with van der Waals surface area (Å²) in [5.41, 5.74) is 5.70. The lowest BCUT2D eigenvalue weighted by molar-refractivity contribution is -0.119. The number of nitrogens with one attached hydrogen (secondary N) is 2. The third-order valence-corrected chi connectivity index (χ3v) is 2.34. The average Bonchev–Trinajstić information content (AvgIpc) is 2.77. The Morgan fingerprint density at radius 2 is 2.21 bits per heavy atom. The minimum Gasteiger partial charge on any atom is -0.273 e. The van der Waals surface area contributed by atoms with E-state index < -0.39 is 0 Å². The van der Waals surface area contributed by atoms with Crippen LogP contribution < -0.4 is 10.9 Å². The first kappa shape index (κ1) is 12.9. The van der Waals surface area contributed by atoms with Gasteiger partial charge in [-0.25, -0.2) is 15.2 Å². The van der Waals surface area contributed by atoms with Gasteiger partial charge < -0.3 is 0 Å². The van der Waals surface area contributed by atoms with E-state index in [2.05, 4.69) is 21.1 Å². The molecule has 1 heterocycles. The molecule has 6 nitrogen and oxygen atoms in total. The van der Waals surface area contributed by atoms with Gasteiger partial charge in [0.15, 0.2) is 0 Å². The van der Waals surface area contributed by atoms with Crippen molar-refractivity contribution in [1.82, 2.24) is 10.9 Å². The molecule has 0 spiro atoms. The Kier molecular flexibility index (Phi) is 3.97. The Labute approximate surface area is 108 Å². The van der Waals surface area contributed by atoms with E-state index in [1.807, 2.05) is 0 Å². The van der Waals surface area contributed by atoms with Crippen molar-refractivity contribution in [3.05, 3.63) is 35.6 Å². The van der Waals surface area contributed by atoms with Crippen LogP contribution in [0.2, 0.25) is 0 Å². The van der Waals surface area contributed by atoms with Gasteiger partial charge in [0.05, 0.1) is 24.8 Å². The maximum Gasteiger partial charge on any atom is 0.245 e. The maximum atomic E-state index is 12.6. The van der Waals surface area contributed by atoms with Gasteiger partial charge in [-0.05, 0) is 17.7 Å². The van der Waals surface area contributed by atoms with Gasteiger partial charge in [0.2, 0.25) is 11.8 Å². The molecule has 0 saturated heterocycles. The van der Waals surface area contributed by atoms with Crippen LogP contribution in [0.15, 0.2) is 34.5 Å². The van der Waals surface area contributed by atoms with Gasteiger partial charge in [0.1, 0.15) is 5.82 Å². The molecule has 0 aromatic heterocycles. The van der Waals surface area contributed by atoms with Crippen LogP contribution in [0.5, 0.6) is 0 Å². The second-order valence-electron chi connectivity index (χ2n) is 3.91. The molecule has 0 aliphatic carbocycles. The molecule has 2 N–H and O–H groups in total. The summed E-state index contributed by atoms with van der Waals surface area (Å²) in [5.74, 6) is -0.927. The van der Waals surface area contributed by atoms with E-state index in [0.717, 1.165) is 0 Å². The summed E-state index contributed by atoms with van der Waals surface area (Å²) >= 11 is 0. The molecule has 0 atom stereocenters. The lowest BCUT2D eigenvalue weighted by Crippen LogP contribution is -2.20. The molecular weight excluding hydrogens is 251 g/mol. The lowest BCUT2D eigenvalue weighted by atomic mass is 10.2. The van der Waals surface area contributed by atoms with E-state index >= 15 is 0 Å². The van der Waals surface area contributed by atoms with Crippen LogP contribution in [0.25, 0.3) is 0 Å². The number of halogens is 1. The number of hydrogen-bond acceptors (Lipinski definition) is 4. The summed E-state index contributed by atoms with van der Waals surface area (Å²) in [5, 5.41) is 7.42. The van der Waals surface area contributed by atoms with E-state index in [1.54, 1.807) is 0 Å². The molecule has 1 aromatic carbocycles. The maximum absolute atomic E-state index is 12.6. The number of carbonyl (C=O) groups is 2. The standard InChI is InChI=1S/C12H11FN4O2/c13-9-3-1-8(2-4-9)7-14-16-11(18)5-10-6-12(19)17-15-10/h1-4,7H,5-6H2,(H,16,18)(H,17,19)/b14-7+. The number of rotatable bonds is 4. The van der Waals surface area contributed by atoms with Gasteiger partial charge in [0, 0.05) is 0 Å². The molecule has 2 amide bonds. The van der Waals surface area contributed by atoms with Crippen molar-refractivity contribution in [1.29, 1.82) is 0 Å². The Morgan fingerprint density at radius 1 is 1.47 bits per heavy atom. The van der Waals surface area contributed by atoms with Gasteiger partial charge in [-0.2, -0.15) is 10.2 Å². The second-order valence-corrected chi connectivity index (χ2v) is 3.91. The normalized spacial score (nSPS) is 14.4. The van der Waals surface area contributed by atoms with Crippen molar-refractivity contribution in [3.63, 3.8) is 0 Å². The highest BCUT2D eigenvalue weighted by Crippen LogP contribution is 2.01. The van der Waals surface area contributed by atoms with Gasteiger partial charge >= 0.3 is 0 Å². The Hall–Kier alpha value is -2.57.